The fraction of sp³-hybridized carbons (Fsp3) is 0.333. The molecule has 0 saturated carbocycles. The molecule has 2 aromatic rings. The summed E-state index contributed by atoms with van der Waals surface area (Å²) in [5, 5.41) is 19.0. The van der Waals surface area contributed by atoms with Gasteiger partial charge in [0.1, 0.15) is 10.8 Å². The second kappa shape index (κ2) is 6.17. The predicted octanol–water partition coefficient (Wildman–Crippen LogP) is 2.68. The first-order valence-corrected chi connectivity index (χ1v) is 7.24. The fourth-order valence-electron chi connectivity index (χ4n) is 1.43. The topological polar surface area (TPSA) is 55.2 Å². The third-order valence-electron chi connectivity index (χ3n) is 2.35. The van der Waals surface area contributed by atoms with Gasteiger partial charge in [-0.1, -0.05) is 35.2 Å². The molecule has 2 rings (SSSR count). The van der Waals surface area contributed by atoms with Gasteiger partial charge in [0.2, 0.25) is 0 Å². The zero-order chi connectivity index (χ0) is 13.0. The largest absolute Gasteiger partial charge is 0.497 e. The van der Waals surface area contributed by atoms with Crippen LogP contribution in [0.15, 0.2) is 28.6 Å². The van der Waals surface area contributed by atoms with Gasteiger partial charge in [-0.2, -0.15) is 0 Å². The van der Waals surface area contributed by atoms with Crippen molar-refractivity contribution >= 4 is 23.1 Å². The van der Waals surface area contributed by atoms with E-state index in [1.54, 1.807) is 7.11 Å². The molecule has 4 nitrogen and oxygen atoms in total. The minimum absolute atomic E-state index is 0.533. The van der Waals surface area contributed by atoms with Crippen LogP contribution in [-0.2, 0) is 0 Å². The number of aliphatic hydroxyl groups is 1. The van der Waals surface area contributed by atoms with Gasteiger partial charge in [-0.15, -0.1) is 10.2 Å². The lowest BCUT2D eigenvalue weighted by molar-refractivity contribution is 0.203. The first-order chi connectivity index (χ1) is 8.69. The summed E-state index contributed by atoms with van der Waals surface area (Å²) in [4.78, 5) is 0. The Morgan fingerprint density at radius 1 is 1.44 bits per heavy atom. The van der Waals surface area contributed by atoms with Crippen LogP contribution >= 0.6 is 23.1 Å². The summed E-state index contributed by atoms with van der Waals surface area (Å²) < 4.78 is 6.02. The number of hydrogen-bond acceptors (Lipinski definition) is 6. The molecule has 0 saturated heterocycles. The Morgan fingerprint density at radius 3 is 2.94 bits per heavy atom. The van der Waals surface area contributed by atoms with Gasteiger partial charge in [0.25, 0.3) is 0 Å². The van der Waals surface area contributed by atoms with Gasteiger partial charge in [-0.05, 0) is 24.6 Å². The van der Waals surface area contributed by atoms with Crippen molar-refractivity contribution in [3.05, 3.63) is 34.8 Å². The molecule has 0 bridgehead atoms. The monoisotopic (exact) mass is 282 g/mol. The van der Waals surface area contributed by atoms with Crippen LogP contribution in [0.4, 0.5) is 0 Å². The minimum atomic E-state index is -0.533. The normalized spacial score (nSPS) is 12.4. The second-order valence-corrected chi connectivity index (χ2v) is 6.14. The Morgan fingerprint density at radius 2 is 2.28 bits per heavy atom. The highest BCUT2D eigenvalue weighted by Crippen LogP contribution is 2.28. The van der Waals surface area contributed by atoms with Crippen molar-refractivity contribution in [1.82, 2.24) is 10.2 Å². The summed E-state index contributed by atoms with van der Waals surface area (Å²) in [6.07, 6.45) is -0.533. The van der Waals surface area contributed by atoms with Gasteiger partial charge in [-0.25, -0.2) is 0 Å². The molecule has 1 heterocycles. The molecule has 0 aliphatic carbocycles. The van der Waals surface area contributed by atoms with Crippen LogP contribution in [0.2, 0.25) is 0 Å². The smallest absolute Gasteiger partial charge is 0.174 e. The lowest BCUT2D eigenvalue weighted by atomic mass is 10.1. The molecule has 18 heavy (non-hydrogen) atoms. The molecule has 96 valence electrons. The number of aliphatic hydroxyl groups excluding tert-OH is 1. The zero-order valence-corrected chi connectivity index (χ0v) is 11.8. The number of ether oxygens (including phenoxy) is 1. The molecule has 0 amide bonds. The van der Waals surface area contributed by atoms with Crippen molar-refractivity contribution in [2.75, 3.05) is 12.9 Å². The van der Waals surface area contributed by atoms with Crippen molar-refractivity contribution in [3.8, 4) is 5.75 Å². The summed E-state index contributed by atoms with van der Waals surface area (Å²) in [5.41, 5.74) is 0.850. The highest BCUT2D eigenvalue weighted by Gasteiger charge is 2.10. The summed E-state index contributed by atoms with van der Waals surface area (Å²) >= 11 is 3.05. The lowest BCUT2D eigenvalue weighted by Crippen LogP contribution is -2.00. The van der Waals surface area contributed by atoms with Gasteiger partial charge >= 0.3 is 0 Å². The Balaban J connectivity index is 1.96. The van der Waals surface area contributed by atoms with Crippen LogP contribution in [0.25, 0.3) is 0 Å². The standard InChI is InChI=1S/C12H14N2O2S2/c1-8-13-14-12(18-8)17-7-11(15)9-4-3-5-10(6-9)16-2/h3-6,11,15H,7H2,1-2H3. The Bertz CT molecular complexity index is 516. The van der Waals surface area contributed by atoms with Crippen molar-refractivity contribution in [3.63, 3.8) is 0 Å². The molecule has 1 atom stereocenters. The van der Waals surface area contributed by atoms with E-state index in [2.05, 4.69) is 10.2 Å². The maximum absolute atomic E-state index is 10.1. The number of rotatable bonds is 5. The van der Waals surface area contributed by atoms with E-state index in [0.29, 0.717) is 5.75 Å². The maximum atomic E-state index is 10.1. The number of methoxy groups -OCH3 is 1. The molecule has 1 N–H and O–H groups in total. The molecule has 1 unspecified atom stereocenters. The Kier molecular flexibility index (Phi) is 4.57. The summed E-state index contributed by atoms with van der Waals surface area (Å²) in [6, 6.07) is 7.46. The molecule has 1 aromatic heterocycles. The number of hydrogen-bond donors (Lipinski definition) is 1. The molecule has 0 aliphatic rings. The molecule has 0 radical (unpaired) electrons. The van der Waals surface area contributed by atoms with Crippen molar-refractivity contribution < 1.29 is 9.84 Å². The minimum Gasteiger partial charge on any atom is -0.497 e. The number of benzene rings is 1. The van der Waals surface area contributed by atoms with E-state index in [4.69, 9.17) is 4.74 Å². The van der Waals surface area contributed by atoms with Gasteiger partial charge < -0.3 is 9.84 Å². The van der Waals surface area contributed by atoms with E-state index in [1.807, 2.05) is 31.2 Å². The van der Waals surface area contributed by atoms with E-state index >= 15 is 0 Å². The predicted molar refractivity (Wildman–Crippen MR) is 73.3 cm³/mol. The summed E-state index contributed by atoms with van der Waals surface area (Å²) in [5.74, 6) is 1.31. The first kappa shape index (κ1) is 13.3. The molecule has 6 heteroatoms. The molecule has 0 spiro atoms. The molecular formula is C12H14N2O2S2. The molecule has 0 aliphatic heterocycles. The van der Waals surface area contributed by atoms with Crippen LogP contribution in [0.5, 0.6) is 5.75 Å². The van der Waals surface area contributed by atoms with Crippen LogP contribution in [0.3, 0.4) is 0 Å². The summed E-state index contributed by atoms with van der Waals surface area (Å²) in [6.45, 7) is 1.92. The van der Waals surface area contributed by atoms with E-state index in [1.165, 1.54) is 23.1 Å². The van der Waals surface area contributed by atoms with Crippen LogP contribution in [0, 0.1) is 6.92 Å². The van der Waals surface area contributed by atoms with Crippen molar-refractivity contribution in [1.29, 1.82) is 0 Å². The molecule has 0 fully saturated rings. The molecular weight excluding hydrogens is 268 g/mol. The second-order valence-electron chi connectivity index (χ2n) is 3.69. The third kappa shape index (κ3) is 3.44. The Hall–Kier alpha value is -1.11. The highest BCUT2D eigenvalue weighted by molar-refractivity contribution is 8.01. The SMILES string of the molecule is COc1cccc(C(O)CSc2nnc(C)s2)c1. The van der Waals surface area contributed by atoms with Crippen LogP contribution < -0.4 is 4.74 Å². The number of thioether (sulfide) groups is 1. The van der Waals surface area contributed by atoms with E-state index in [0.717, 1.165) is 20.7 Å². The van der Waals surface area contributed by atoms with Crippen LogP contribution in [-0.4, -0.2) is 28.2 Å². The first-order valence-electron chi connectivity index (χ1n) is 5.44. The maximum Gasteiger partial charge on any atom is 0.174 e. The van der Waals surface area contributed by atoms with Crippen LogP contribution in [0.1, 0.15) is 16.7 Å². The average Bonchev–Trinajstić information content (AvgIpc) is 2.82. The number of aromatic nitrogens is 2. The van der Waals surface area contributed by atoms with Gasteiger partial charge in [0.15, 0.2) is 4.34 Å². The Labute approximate surface area is 114 Å². The van der Waals surface area contributed by atoms with Crippen molar-refractivity contribution in [2.45, 2.75) is 17.4 Å². The average molecular weight is 282 g/mol. The zero-order valence-electron chi connectivity index (χ0n) is 10.2. The molecule has 1 aromatic carbocycles. The number of aryl methyl sites for hydroxylation is 1. The fourth-order valence-corrected chi connectivity index (χ4v) is 3.24. The van der Waals surface area contributed by atoms with E-state index in [9.17, 15) is 5.11 Å². The lowest BCUT2D eigenvalue weighted by Gasteiger charge is -2.10. The van der Waals surface area contributed by atoms with E-state index in [-0.39, 0.29) is 0 Å². The van der Waals surface area contributed by atoms with Gasteiger partial charge in [-0.3, -0.25) is 0 Å². The van der Waals surface area contributed by atoms with Gasteiger partial charge in [0.05, 0.1) is 13.2 Å². The van der Waals surface area contributed by atoms with Crippen molar-refractivity contribution in [2.24, 2.45) is 0 Å². The number of nitrogens with zero attached hydrogens (tertiary/aromatic N) is 2. The quantitative estimate of drug-likeness (QED) is 0.854. The van der Waals surface area contributed by atoms with Gasteiger partial charge in [0, 0.05) is 5.75 Å². The highest BCUT2D eigenvalue weighted by atomic mass is 32.2. The third-order valence-corrected chi connectivity index (χ3v) is 4.40. The van der Waals surface area contributed by atoms with E-state index < -0.39 is 6.10 Å². The summed E-state index contributed by atoms with van der Waals surface area (Å²) in [7, 11) is 1.62.